The summed E-state index contributed by atoms with van der Waals surface area (Å²) in [5.74, 6) is 0.182. The van der Waals surface area contributed by atoms with E-state index in [-0.39, 0.29) is 11.5 Å². The summed E-state index contributed by atoms with van der Waals surface area (Å²) in [5.41, 5.74) is 3.42. The van der Waals surface area contributed by atoms with Gasteiger partial charge < -0.3 is 15.4 Å². The number of hydrogen-bond acceptors (Lipinski definition) is 6. The molecule has 0 spiro atoms. The lowest BCUT2D eigenvalue weighted by atomic mass is 9.98. The van der Waals surface area contributed by atoms with E-state index in [1.807, 2.05) is 37.4 Å². The molecule has 3 rings (SSSR count). The van der Waals surface area contributed by atoms with Gasteiger partial charge in [0.05, 0.1) is 12.8 Å². The van der Waals surface area contributed by atoms with Crippen LogP contribution in [0.2, 0.25) is 0 Å². The number of carbonyl (C=O) groups excluding carboxylic acids is 1. The summed E-state index contributed by atoms with van der Waals surface area (Å²) >= 11 is 0. The molecule has 0 aliphatic carbocycles. The molecule has 0 radical (unpaired) electrons. The van der Waals surface area contributed by atoms with Crippen molar-refractivity contribution in [1.82, 2.24) is 20.3 Å². The van der Waals surface area contributed by atoms with Gasteiger partial charge >= 0.3 is 6.18 Å². The number of methoxy groups -OCH3 is 1. The lowest BCUT2D eigenvalue weighted by Gasteiger charge is -2.18. The van der Waals surface area contributed by atoms with Crippen LogP contribution in [0.1, 0.15) is 34.5 Å². The minimum atomic E-state index is -4.48. The topological polar surface area (TPSA) is 89.0 Å². The van der Waals surface area contributed by atoms with Gasteiger partial charge in [0, 0.05) is 41.5 Å². The third kappa shape index (κ3) is 6.64. The Bertz CT molecular complexity index is 1100. The maximum absolute atomic E-state index is 12.4. The number of amides is 1. The predicted octanol–water partition coefficient (Wildman–Crippen LogP) is 4.36. The maximum atomic E-state index is 12.4. The van der Waals surface area contributed by atoms with Crippen LogP contribution in [0.4, 0.5) is 19.0 Å². The molecule has 2 aromatic heterocycles. The molecule has 2 N–H and O–H groups in total. The number of pyridine rings is 1. The van der Waals surface area contributed by atoms with Crippen LogP contribution in [0.3, 0.4) is 0 Å². The van der Waals surface area contributed by atoms with Gasteiger partial charge in [0.2, 0.25) is 0 Å². The first-order valence-corrected chi connectivity index (χ1v) is 10.2. The highest BCUT2D eigenvalue weighted by molar-refractivity contribution is 5.94. The molecule has 1 unspecified atom stereocenters. The van der Waals surface area contributed by atoms with E-state index in [1.165, 1.54) is 25.6 Å². The number of carbonyl (C=O) groups is 1. The van der Waals surface area contributed by atoms with Crippen molar-refractivity contribution in [1.29, 1.82) is 0 Å². The van der Waals surface area contributed by atoms with Crippen molar-refractivity contribution in [2.24, 2.45) is 0 Å². The fourth-order valence-electron chi connectivity index (χ4n) is 3.14. The molecule has 0 aliphatic heterocycles. The largest absolute Gasteiger partial charge is 0.496 e. The zero-order valence-corrected chi connectivity index (χ0v) is 18.4. The second-order valence-electron chi connectivity index (χ2n) is 7.51. The number of aromatic nitrogens is 3. The van der Waals surface area contributed by atoms with E-state index in [9.17, 15) is 18.0 Å². The van der Waals surface area contributed by atoms with E-state index < -0.39 is 18.6 Å². The van der Waals surface area contributed by atoms with Crippen molar-refractivity contribution in [3.63, 3.8) is 0 Å². The van der Waals surface area contributed by atoms with E-state index in [0.717, 1.165) is 22.5 Å². The SMILES string of the molecule is COc1cc(C(=O)NCC(F)(F)F)ccc1C(C)CNc1cc(-c2ccc(C)nc2)ncn1. The standard InChI is InChI=1S/C23H24F3N5O2/c1-14(10-28-21-9-19(30-13-31-21)17-5-4-15(2)27-11-17)18-7-6-16(8-20(18)33-3)22(32)29-12-23(24,25)26/h4-9,11,13-14H,10,12H2,1-3H3,(H,29,32)(H,28,30,31). The van der Waals surface area contributed by atoms with Gasteiger partial charge in [0.15, 0.2) is 0 Å². The molecule has 0 aliphatic rings. The minimum Gasteiger partial charge on any atom is -0.496 e. The average molecular weight is 459 g/mol. The van der Waals surface area contributed by atoms with Crippen molar-refractivity contribution < 1.29 is 22.7 Å². The van der Waals surface area contributed by atoms with Crippen LogP contribution in [-0.4, -0.2) is 47.2 Å². The summed E-state index contributed by atoms with van der Waals surface area (Å²) in [6.07, 6.45) is -1.25. The zero-order valence-electron chi connectivity index (χ0n) is 18.4. The number of nitrogens with zero attached hydrogens (tertiary/aromatic N) is 3. The molecule has 0 fully saturated rings. The molecular formula is C23H24F3N5O2. The molecule has 1 atom stereocenters. The van der Waals surface area contributed by atoms with E-state index in [1.54, 1.807) is 12.3 Å². The first kappa shape index (κ1) is 24.0. The molecule has 1 aromatic carbocycles. The lowest BCUT2D eigenvalue weighted by Crippen LogP contribution is -2.33. The molecule has 0 saturated carbocycles. The second kappa shape index (κ2) is 10.3. The molecule has 10 heteroatoms. The molecule has 0 saturated heterocycles. The number of ether oxygens (including phenoxy) is 1. The Morgan fingerprint density at radius 3 is 2.58 bits per heavy atom. The van der Waals surface area contributed by atoms with Crippen molar-refractivity contribution in [2.45, 2.75) is 25.9 Å². The van der Waals surface area contributed by atoms with Crippen LogP contribution in [0.25, 0.3) is 11.3 Å². The fourth-order valence-corrected chi connectivity index (χ4v) is 3.14. The molecular weight excluding hydrogens is 435 g/mol. The summed E-state index contributed by atoms with van der Waals surface area (Å²) in [6.45, 7) is 2.97. The number of hydrogen-bond donors (Lipinski definition) is 2. The van der Waals surface area contributed by atoms with Crippen LogP contribution < -0.4 is 15.4 Å². The van der Waals surface area contributed by atoms with Gasteiger partial charge in [-0.2, -0.15) is 13.2 Å². The van der Waals surface area contributed by atoms with Gasteiger partial charge in [0.25, 0.3) is 5.91 Å². The number of halogens is 3. The van der Waals surface area contributed by atoms with E-state index in [4.69, 9.17) is 4.74 Å². The summed E-state index contributed by atoms with van der Waals surface area (Å²) in [7, 11) is 1.45. The third-order valence-corrected chi connectivity index (χ3v) is 4.94. The van der Waals surface area contributed by atoms with E-state index in [2.05, 4.69) is 20.3 Å². The number of nitrogens with one attached hydrogen (secondary N) is 2. The van der Waals surface area contributed by atoms with E-state index >= 15 is 0 Å². The number of benzene rings is 1. The number of rotatable bonds is 8. The average Bonchev–Trinajstić information content (AvgIpc) is 2.80. The monoisotopic (exact) mass is 459 g/mol. The highest BCUT2D eigenvalue weighted by Gasteiger charge is 2.28. The summed E-state index contributed by atoms with van der Waals surface area (Å²) in [6, 6.07) is 10.3. The van der Waals surface area contributed by atoms with Crippen molar-refractivity contribution in [3.05, 3.63) is 65.7 Å². The fraction of sp³-hybridized carbons (Fsp3) is 0.304. The Balaban J connectivity index is 1.67. The predicted molar refractivity (Wildman–Crippen MR) is 118 cm³/mol. The number of aryl methyl sites for hydroxylation is 1. The zero-order chi connectivity index (χ0) is 24.0. The van der Waals surface area contributed by atoms with Gasteiger partial charge in [-0.15, -0.1) is 0 Å². The Morgan fingerprint density at radius 1 is 1.12 bits per heavy atom. The first-order chi connectivity index (χ1) is 15.7. The highest BCUT2D eigenvalue weighted by atomic mass is 19.4. The Morgan fingerprint density at radius 2 is 1.91 bits per heavy atom. The Kier molecular flexibility index (Phi) is 7.47. The molecule has 33 heavy (non-hydrogen) atoms. The van der Waals surface area contributed by atoms with E-state index in [0.29, 0.717) is 18.1 Å². The van der Waals surface area contributed by atoms with Crippen LogP contribution in [0, 0.1) is 6.92 Å². The summed E-state index contributed by atoms with van der Waals surface area (Å²) in [5, 5.41) is 5.12. The lowest BCUT2D eigenvalue weighted by molar-refractivity contribution is -0.123. The maximum Gasteiger partial charge on any atom is 0.405 e. The summed E-state index contributed by atoms with van der Waals surface area (Å²) in [4.78, 5) is 24.8. The van der Waals surface area contributed by atoms with Crippen LogP contribution in [0.5, 0.6) is 5.75 Å². The van der Waals surface area contributed by atoms with Gasteiger partial charge in [0.1, 0.15) is 24.4 Å². The number of alkyl halides is 3. The van der Waals surface area contributed by atoms with Crippen molar-refractivity contribution >= 4 is 11.7 Å². The van der Waals surface area contributed by atoms with Gasteiger partial charge in [-0.3, -0.25) is 9.78 Å². The molecule has 174 valence electrons. The highest BCUT2D eigenvalue weighted by Crippen LogP contribution is 2.28. The number of anilines is 1. The Hall–Kier alpha value is -3.69. The van der Waals surface area contributed by atoms with Gasteiger partial charge in [-0.1, -0.05) is 13.0 Å². The molecule has 7 nitrogen and oxygen atoms in total. The third-order valence-electron chi connectivity index (χ3n) is 4.94. The van der Waals surface area contributed by atoms with Crippen LogP contribution in [0.15, 0.2) is 48.9 Å². The van der Waals surface area contributed by atoms with Gasteiger partial charge in [-0.25, -0.2) is 9.97 Å². The Labute approximate surface area is 189 Å². The van der Waals surface area contributed by atoms with Crippen molar-refractivity contribution in [3.8, 4) is 17.0 Å². The molecule has 2 heterocycles. The minimum absolute atomic E-state index is 0.0494. The van der Waals surface area contributed by atoms with Crippen LogP contribution >= 0.6 is 0 Å². The van der Waals surface area contributed by atoms with Crippen molar-refractivity contribution in [2.75, 3.05) is 25.5 Å². The smallest absolute Gasteiger partial charge is 0.405 e. The normalized spacial score (nSPS) is 12.2. The molecule has 3 aromatic rings. The second-order valence-corrected chi connectivity index (χ2v) is 7.51. The molecule has 1 amide bonds. The summed E-state index contributed by atoms with van der Waals surface area (Å²) < 4.78 is 42.4. The van der Waals surface area contributed by atoms with Gasteiger partial charge in [-0.05, 0) is 36.8 Å². The quantitative estimate of drug-likeness (QED) is 0.520. The first-order valence-electron chi connectivity index (χ1n) is 10.2. The molecule has 0 bridgehead atoms. The van der Waals surface area contributed by atoms with Crippen LogP contribution in [-0.2, 0) is 0 Å².